The van der Waals surface area contributed by atoms with Gasteiger partial charge in [0.2, 0.25) is 11.8 Å². The van der Waals surface area contributed by atoms with Crippen LogP contribution in [0.25, 0.3) is 0 Å². The van der Waals surface area contributed by atoms with Gasteiger partial charge in [-0.3, -0.25) is 9.59 Å². The zero-order chi connectivity index (χ0) is 37.6. The van der Waals surface area contributed by atoms with Crippen LogP contribution >= 0.6 is 11.6 Å². The zero-order valence-corrected chi connectivity index (χ0v) is 33.8. The molecule has 0 amide bonds. The van der Waals surface area contributed by atoms with E-state index in [-0.39, 0.29) is 39.6 Å². The molecule has 8 atom stereocenters. The summed E-state index contributed by atoms with van der Waals surface area (Å²) in [6, 6.07) is 7.90. The van der Waals surface area contributed by atoms with Crippen molar-refractivity contribution >= 4 is 23.5 Å². The molecule has 1 heterocycles. The van der Waals surface area contributed by atoms with E-state index < -0.39 is 17.4 Å². The summed E-state index contributed by atoms with van der Waals surface area (Å²) in [6.45, 7) is 20.4. The average Bonchev–Trinajstić information content (AvgIpc) is 3.70. The van der Waals surface area contributed by atoms with Crippen molar-refractivity contribution < 1.29 is 23.8 Å². The maximum atomic E-state index is 13.1. The van der Waals surface area contributed by atoms with Gasteiger partial charge < -0.3 is 14.3 Å². The predicted octanol–water partition coefficient (Wildman–Crippen LogP) is 10.8. The summed E-state index contributed by atoms with van der Waals surface area (Å²) >= 11 is 6.15. The van der Waals surface area contributed by atoms with Gasteiger partial charge in [0.1, 0.15) is 6.10 Å². The number of allylic oxidation sites excluding steroid dienone is 2. The fraction of sp³-hybridized carbons (Fsp3) is 0.727. The fourth-order valence-corrected chi connectivity index (χ4v) is 13.2. The first-order valence-corrected chi connectivity index (χ1v) is 20.4. The summed E-state index contributed by atoms with van der Waals surface area (Å²) in [7, 11) is 0. The number of nitrogens with zero attached hydrogens (tertiary/aromatic N) is 2. The lowest BCUT2D eigenvalue weighted by Gasteiger charge is -2.72. The molecule has 0 spiro atoms. The summed E-state index contributed by atoms with van der Waals surface area (Å²) in [5.41, 5.74) is 3.32. The Balaban J connectivity index is 1.16. The summed E-state index contributed by atoms with van der Waals surface area (Å²) in [5, 5.41) is 19.8. The van der Waals surface area contributed by atoms with Crippen molar-refractivity contribution in [2.75, 3.05) is 0 Å². The third-order valence-corrected chi connectivity index (χ3v) is 16.4. The van der Waals surface area contributed by atoms with Gasteiger partial charge in [-0.25, -0.2) is 0 Å². The summed E-state index contributed by atoms with van der Waals surface area (Å²) in [4.78, 5) is 24.9. The number of carbonyl (C=O) groups is 2. The first kappa shape index (κ1) is 37.6. The van der Waals surface area contributed by atoms with Gasteiger partial charge in [-0.15, -0.1) is 10.2 Å². The van der Waals surface area contributed by atoms with Crippen molar-refractivity contribution in [3.05, 3.63) is 57.8 Å². The van der Waals surface area contributed by atoms with Crippen LogP contribution in [0.2, 0.25) is 5.02 Å². The molecule has 5 aliphatic rings. The van der Waals surface area contributed by atoms with E-state index in [2.05, 4.69) is 53.6 Å². The Hall–Kier alpha value is -2.67. The Morgan fingerprint density at radius 3 is 2.31 bits per heavy atom. The predicted molar refractivity (Wildman–Crippen MR) is 203 cm³/mol. The van der Waals surface area contributed by atoms with Crippen molar-refractivity contribution in [2.45, 2.75) is 151 Å². The quantitative estimate of drug-likeness (QED) is 0.213. The molecule has 0 radical (unpaired) electrons. The molecule has 1 N–H and O–H groups in total. The largest absolute Gasteiger partial charge is 0.481 e. The van der Waals surface area contributed by atoms with Gasteiger partial charge in [-0.05, 0) is 136 Å². The van der Waals surface area contributed by atoms with E-state index in [1.54, 1.807) is 25.0 Å². The summed E-state index contributed by atoms with van der Waals surface area (Å²) < 4.78 is 12.9. The summed E-state index contributed by atoms with van der Waals surface area (Å²) in [6.07, 6.45) is 11.2. The molecule has 1 aromatic heterocycles. The second kappa shape index (κ2) is 12.7. The maximum Gasteiger partial charge on any atom is 0.309 e. The number of esters is 1. The molecule has 0 bridgehead atoms. The lowest BCUT2D eigenvalue weighted by atomic mass is 9.33. The standard InChI is InChI=1S/C44H61ClN2O5/c1-26(2)29-16-21-44(37-47-46-34(52-37)24-27-10-12-28(45)13-11-27)23-22-42(8)30(36(29)44)14-15-32-41(7)19-18-33(51-35(48)25-39(3,4)38(49)50)40(5,6)31(41)17-20-43(32,42)9/h10-13,26,30-33H,14-25H2,1-9H3,(H,49,50)/t30-,31?,32?,33+,41+,42-,43-,44?/m1/s1. The molecule has 284 valence electrons. The van der Waals surface area contributed by atoms with Crippen LogP contribution in [-0.4, -0.2) is 33.3 Å². The van der Waals surface area contributed by atoms with Gasteiger partial charge in [0, 0.05) is 10.4 Å². The van der Waals surface area contributed by atoms with E-state index in [1.165, 1.54) is 19.3 Å². The number of hydrogen-bond acceptors (Lipinski definition) is 6. The third-order valence-electron chi connectivity index (χ3n) is 16.2. The number of halogens is 1. The van der Waals surface area contributed by atoms with Crippen LogP contribution in [0.5, 0.6) is 0 Å². The van der Waals surface area contributed by atoms with Gasteiger partial charge in [-0.1, -0.05) is 83.3 Å². The molecule has 4 saturated carbocycles. The molecule has 0 saturated heterocycles. The lowest BCUT2D eigenvalue weighted by molar-refractivity contribution is -0.232. The molecular formula is C44H61ClN2O5. The number of carboxylic acids is 1. The third kappa shape index (κ3) is 5.63. The SMILES string of the molecule is CC(C)C1=C2[C@H]3CCC4[C@@]5(C)CC[C@H](OC(=O)CC(C)(C)C(=O)O)C(C)(C)C5CC[C@@]4(C)[C@]3(C)CCC2(c2nnc(Cc3ccc(Cl)cc3)o2)CC1. The summed E-state index contributed by atoms with van der Waals surface area (Å²) in [5.74, 6) is 2.11. The van der Waals surface area contributed by atoms with Crippen molar-refractivity contribution in [1.82, 2.24) is 10.2 Å². The molecule has 5 aliphatic carbocycles. The second-order valence-corrected chi connectivity index (χ2v) is 20.2. The van der Waals surface area contributed by atoms with Crippen LogP contribution in [0.15, 0.2) is 39.8 Å². The number of carboxylic acid groups (broad SMARTS) is 1. The van der Waals surface area contributed by atoms with Gasteiger partial charge in [0.25, 0.3) is 0 Å². The van der Waals surface area contributed by atoms with Crippen molar-refractivity contribution in [3.8, 4) is 0 Å². The number of ether oxygens (including phenoxy) is 1. The van der Waals surface area contributed by atoms with E-state index >= 15 is 0 Å². The van der Waals surface area contributed by atoms with E-state index in [9.17, 15) is 14.7 Å². The Morgan fingerprint density at radius 1 is 0.923 bits per heavy atom. The van der Waals surface area contributed by atoms with Gasteiger partial charge in [0.05, 0.1) is 23.7 Å². The Bertz CT molecular complexity index is 1760. The molecule has 2 aromatic rings. The lowest BCUT2D eigenvalue weighted by Crippen LogP contribution is -2.66. The molecule has 3 unspecified atom stereocenters. The number of rotatable bonds is 8. The van der Waals surface area contributed by atoms with Crippen LogP contribution in [0.3, 0.4) is 0 Å². The van der Waals surface area contributed by atoms with Gasteiger partial charge >= 0.3 is 11.9 Å². The molecular weight excluding hydrogens is 672 g/mol. The molecule has 52 heavy (non-hydrogen) atoms. The van der Waals surface area contributed by atoms with Crippen molar-refractivity contribution in [2.24, 2.45) is 50.7 Å². The normalized spacial score (nSPS) is 36.8. The highest BCUT2D eigenvalue weighted by atomic mass is 35.5. The minimum Gasteiger partial charge on any atom is -0.481 e. The number of benzene rings is 1. The van der Waals surface area contributed by atoms with Gasteiger partial charge in [0.15, 0.2) is 0 Å². The molecule has 1 aromatic carbocycles. The molecule has 4 fully saturated rings. The molecule has 0 aliphatic heterocycles. The number of aliphatic carboxylic acids is 1. The van der Waals surface area contributed by atoms with E-state index in [1.807, 2.05) is 24.3 Å². The Morgan fingerprint density at radius 2 is 1.63 bits per heavy atom. The number of hydrogen-bond donors (Lipinski definition) is 1. The monoisotopic (exact) mass is 732 g/mol. The highest BCUT2D eigenvalue weighted by Gasteiger charge is 2.70. The molecule has 7 nitrogen and oxygen atoms in total. The average molecular weight is 733 g/mol. The van der Waals surface area contributed by atoms with Crippen LogP contribution < -0.4 is 0 Å². The minimum atomic E-state index is -1.14. The highest BCUT2D eigenvalue weighted by molar-refractivity contribution is 6.30. The first-order valence-electron chi connectivity index (χ1n) is 20.0. The smallest absolute Gasteiger partial charge is 0.309 e. The molecule has 8 heteroatoms. The van der Waals surface area contributed by atoms with E-state index in [0.717, 1.165) is 61.4 Å². The number of carbonyl (C=O) groups excluding carboxylic acids is 1. The molecule has 7 rings (SSSR count). The van der Waals surface area contributed by atoms with Crippen LogP contribution in [0.4, 0.5) is 0 Å². The van der Waals surface area contributed by atoms with Crippen molar-refractivity contribution in [1.29, 1.82) is 0 Å². The number of fused-ring (bicyclic) bond motifs is 7. The van der Waals surface area contributed by atoms with Crippen LogP contribution in [-0.2, 0) is 26.2 Å². The van der Waals surface area contributed by atoms with Crippen molar-refractivity contribution in [3.63, 3.8) is 0 Å². The second-order valence-electron chi connectivity index (χ2n) is 19.8. The van der Waals surface area contributed by atoms with Crippen LogP contribution in [0, 0.1) is 50.7 Å². The number of aromatic nitrogens is 2. The maximum absolute atomic E-state index is 13.1. The highest BCUT2D eigenvalue weighted by Crippen LogP contribution is 2.77. The van der Waals surface area contributed by atoms with Gasteiger partial charge in [-0.2, -0.15) is 0 Å². The topological polar surface area (TPSA) is 103 Å². The first-order chi connectivity index (χ1) is 24.3. The Kier molecular flexibility index (Phi) is 9.19. The zero-order valence-electron chi connectivity index (χ0n) is 33.0. The Labute approximate surface area is 316 Å². The van der Waals surface area contributed by atoms with E-state index in [0.29, 0.717) is 36.0 Å². The van der Waals surface area contributed by atoms with E-state index in [4.69, 9.17) is 25.9 Å². The minimum absolute atomic E-state index is 0.111. The van der Waals surface area contributed by atoms with Crippen LogP contribution in [0.1, 0.15) is 150 Å². The fourth-order valence-electron chi connectivity index (χ4n) is 13.1.